The zero-order valence-corrected chi connectivity index (χ0v) is 25.6. The quantitative estimate of drug-likeness (QED) is 0.164. The Labute approximate surface area is 260 Å². The lowest BCUT2D eigenvalue weighted by Crippen LogP contribution is -2.37. The van der Waals surface area contributed by atoms with Gasteiger partial charge in [-0.1, -0.05) is 25.6 Å². The lowest BCUT2D eigenvalue weighted by Gasteiger charge is -2.31. The van der Waals surface area contributed by atoms with Crippen LogP contribution < -0.4 is 9.04 Å². The molecule has 1 aliphatic rings. The van der Waals surface area contributed by atoms with Crippen molar-refractivity contribution in [3.63, 3.8) is 0 Å². The molecule has 5 heterocycles. The predicted octanol–water partition coefficient (Wildman–Crippen LogP) is 6.05. The number of rotatable bonds is 12. The maximum absolute atomic E-state index is 13.7. The first kappa shape index (κ1) is 31.1. The van der Waals surface area contributed by atoms with Crippen LogP contribution in [-0.4, -0.2) is 72.2 Å². The molecule has 10 nitrogen and oxygen atoms in total. The Bertz CT molecular complexity index is 1700. The maximum atomic E-state index is 13.7. The summed E-state index contributed by atoms with van der Waals surface area (Å²) in [6.07, 6.45) is 8.88. The smallest absolute Gasteiger partial charge is 0.273 e. The number of nitrogens with one attached hydrogen (secondary N) is 1. The number of hydrogen-bond acceptors (Lipinski definition) is 10. The van der Waals surface area contributed by atoms with Crippen molar-refractivity contribution in [1.82, 2.24) is 24.8 Å². The van der Waals surface area contributed by atoms with E-state index in [1.807, 2.05) is 37.4 Å². The van der Waals surface area contributed by atoms with Gasteiger partial charge in [0, 0.05) is 55.1 Å². The van der Waals surface area contributed by atoms with E-state index in [9.17, 15) is 8.42 Å². The summed E-state index contributed by atoms with van der Waals surface area (Å²) in [4.78, 5) is 20.1. The molecule has 0 radical (unpaired) electrons. The molecule has 1 N–H and O–H groups in total. The summed E-state index contributed by atoms with van der Waals surface area (Å²) >= 11 is 2.86. The number of H-pyrrole nitrogens is 1. The number of thiazole rings is 1. The van der Waals surface area contributed by atoms with Gasteiger partial charge in [0.2, 0.25) is 5.88 Å². The van der Waals surface area contributed by atoms with E-state index < -0.39 is 10.0 Å². The minimum Gasteiger partial charge on any atom is -0.473 e. The number of aromatic nitrogens is 4. The molecule has 0 atom stereocenters. The van der Waals surface area contributed by atoms with Crippen molar-refractivity contribution in [2.75, 3.05) is 37.2 Å². The van der Waals surface area contributed by atoms with Crippen LogP contribution in [0.2, 0.25) is 0 Å². The van der Waals surface area contributed by atoms with Crippen molar-refractivity contribution < 1.29 is 17.9 Å². The van der Waals surface area contributed by atoms with Crippen LogP contribution in [0.1, 0.15) is 32.1 Å². The fraction of sp³-hybridized carbons (Fsp3) is 0.367. The fourth-order valence-corrected chi connectivity index (χ4v) is 8.56. The lowest BCUT2D eigenvalue weighted by molar-refractivity contribution is 0.0934. The number of benzene rings is 1. The molecule has 43 heavy (non-hydrogen) atoms. The van der Waals surface area contributed by atoms with Crippen LogP contribution in [0.3, 0.4) is 0 Å². The molecule has 4 aromatic heterocycles. The monoisotopic (exact) mass is 640 g/mol. The Morgan fingerprint density at radius 3 is 2.72 bits per heavy atom. The highest BCUT2D eigenvalue weighted by Gasteiger charge is 2.28. The summed E-state index contributed by atoms with van der Waals surface area (Å²) in [5, 5.41) is 3.57. The number of thiophene rings is 1. The molecule has 0 bridgehead atoms. The number of hydrogen-bond donors (Lipinski definition) is 1. The van der Waals surface area contributed by atoms with E-state index >= 15 is 0 Å². The third-order valence-corrected chi connectivity index (χ3v) is 11.3. The Morgan fingerprint density at radius 2 is 1.98 bits per heavy atom. The average Bonchev–Trinajstić information content (AvgIpc) is 3.78. The first-order valence-electron chi connectivity index (χ1n) is 13.9. The van der Waals surface area contributed by atoms with Crippen molar-refractivity contribution in [1.29, 1.82) is 0 Å². The number of nitrogens with zero attached hydrogens (tertiary/aromatic N) is 5. The van der Waals surface area contributed by atoms with Crippen LogP contribution >= 0.6 is 22.7 Å². The predicted molar refractivity (Wildman–Crippen MR) is 172 cm³/mol. The number of piperidine rings is 1. The highest BCUT2D eigenvalue weighted by Crippen LogP contribution is 2.35. The van der Waals surface area contributed by atoms with E-state index in [4.69, 9.17) is 14.5 Å². The summed E-state index contributed by atoms with van der Waals surface area (Å²) < 4.78 is 40.6. The van der Waals surface area contributed by atoms with Crippen LogP contribution in [0.15, 0.2) is 70.8 Å². The van der Waals surface area contributed by atoms with E-state index in [-0.39, 0.29) is 20.1 Å². The van der Waals surface area contributed by atoms with Crippen LogP contribution in [0.5, 0.6) is 5.88 Å². The number of anilines is 1. The first-order chi connectivity index (χ1) is 20.5. The van der Waals surface area contributed by atoms with E-state index in [2.05, 4.69) is 19.9 Å². The summed E-state index contributed by atoms with van der Waals surface area (Å²) in [5.74, 6) is 0.575. The maximum Gasteiger partial charge on any atom is 0.273 e. The van der Waals surface area contributed by atoms with Gasteiger partial charge in [0.1, 0.15) is 15.3 Å². The van der Waals surface area contributed by atoms with Gasteiger partial charge in [-0.2, -0.15) is 0 Å². The van der Waals surface area contributed by atoms with Gasteiger partial charge in [0.05, 0.1) is 36.2 Å². The average molecular weight is 641 g/mol. The number of sulfonamides is 1. The Hall–Kier alpha value is -3.36. The largest absolute Gasteiger partial charge is 0.473 e. The molecule has 1 fully saturated rings. The highest BCUT2D eigenvalue weighted by atomic mass is 32.2. The van der Waals surface area contributed by atoms with Crippen LogP contribution in [0.4, 0.5) is 5.69 Å². The minimum atomic E-state index is -3.75. The Morgan fingerprint density at radius 1 is 1.12 bits per heavy atom. The molecule has 0 spiro atoms. The standard InChI is InChI=1S/C29H32N6O4S3.CH4/c1-2-38-15-14-35(42(36,37)27-7-4-16-40-27)25-6-3-5-21-17-24(33-28(21)25)29-32-18-23(41-29)20-34-12-8-22(9-13-34)39-26-19-30-10-11-31-26;/h3-7,10-11,16-19,22,33H,2,8-9,12-15,20H2,1H3;1H4. The number of likely N-dealkylation sites (tertiary alicyclic amines) is 1. The van der Waals surface area contributed by atoms with Crippen molar-refractivity contribution in [3.8, 4) is 16.6 Å². The van der Waals surface area contributed by atoms with E-state index in [1.165, 1.54) is 20.5 Å². The lowest BCUT2D eigenvalue weighted by atomic mass is 10.1. The molecule has 1 saturated heterocycles. The molecule has 6 rings (SSSR count). The zero-order valence-electron chi connectivity index (χ0n) is 23.2. The number of fused-ring (bicyclic) bond motifs is 1. The second-order valence-corrected chi connectivity index (χ2v) is 14.1. The van der Waals surface area contributed by atoms with Crippen LogP contribution in [-0.2, 0) is 21.3 Å². The zero-order chi connectivity index (χ0) is 28.9. The molecule has 5 aromatic rings. The number of aromatic amines is 1. The number of para-hydroxylation sites is 1. The topological polar surface area (TPSA) is 114 Å². The van der Waals surface area contributed by atoms with Gasteiger partial charge in [-0.25, -0.2) is 18.4 Å². The molecule has 0 saturated carbocycles. The van der Waals surface area contributed by atoms with Crippen LogP contribution in [0.25, 0.3) is 21.6 Å². The minimum absolute atomic E-state index is 0. The Kier molecular flexibility index (Phi) is 10.1. The molecule has 1 aliphatic heterocycles. The van der Waals surface area contributed by atoms with Gasteiger partial charge in [-0.3, -0.25) is 14.2 Å². The van der Waals surface area contributed by atoms with E-state index in [0.29, 0.717) is 29.0 Å². The van der Waals surface area contributed by atoms with Gasteiger partial charge < -0.3 is 14.5 Å². The highest BCUT2D eigenvalue weighted by molar-refractivity contribution is 7.94. The third kappa shape index (κ3) is 7.07. The van der Waals surface area contributed by atoms with Gasteiger partial charge in [0.15, 0.2) is 0 Å². The molecule has 0 amide bonds. The molecule has 0 unspecified atom stereocenters. The number of ether oxygens (including phenoxy) is 2. The second kappa shape index (κ2) is 14.0. The van der Waals surface area contributed by atoms with Crippen LogP contribution in [0, 0.1) is 0 Å². The molecular formula is C30H36N6O4S3. The second-order valence-electron chi connectivity index (χ2n) is 9.90. The van der Waals surface area contributed by atoms with Gasteiger partial charge in [-0.15, -0.1) is 22.7 Å². The van der Waals surface area contributed by atoms with Crippen molar-refractivity contribution in [3.05, 3.63) is 71.4 Å². The fourth-order valence-electron chi connectivity index (χ4n) is 5.07. The summed E-state index contributed by atoms with van der Waals surface area (Å²) in [6, 6.07) is 11.1. The summed E-state index contributed by atoms with van der Waals surface area (Å²) in [7, 11) is -3.75. The van der Waals surface area contributed by atoms with Crippen molar-refractivity contribution >= 4 is 49.3 Å². The van der Waals surface area contributed by atoms with Gasteiger partial charge >= 0.3 is 0 Å². The molecular weight excluding hydrogens is 605 g/mol. The first-order valence-corrected chi connectivity index (χ1v) is 17.0. The SMILES string of the molecule is C.CCOCCN(c1cccc2cc(-c3ncc(CN4CCC(Oc5cnccn5)CC4)s3)[nH]c12)S(=O)(=O)c1cccs1. The van der Waals surface area contributed by atoms with Gasteiger partial charge in [0.25, 0.3) is 10.0 Å². The van der Waals surface area contributed by atoms with E-state index in [0.717, 1.165) is 54.1 Å². The normalized spacial score (nSPS) is 14.5. The molecule has 13 heteroatoms. The molecule has 0 aliphatic carbocycles. The van der Waals surface area contributed by atoms with Crippen molar-refractivity contribution in [2.24, 2.45) is 0 Å². The summed E-state index contributed by atoms with van der Waals surface area (Å²) in [5.41, 5.74) is 2.21. The molecule has 228 valence electrons. The third-order valence-electron chi connectivity index (χ3n) is 7.11. The van der Waals surface area contributed by atoms with Crippen molar-refractivity contribution in [2.45, 2.75) is 44.0 Å². The van der Waals surface area contributed by atoms with E-state index in [1.54, 1.807) is 47.4 Å². The van der Waals surface area contributed by atoms with Gasteiger partial charge in [-0.05, 0) is 43.3 Å². The Balaban J connectivity index is 0.00000368. The molecule has 1 aromatic carbocycles. The summed E-state index contributed by atoms with van der Waals surface area (Å²) in [6.45, 7) is 5.62.